The van der Waals surface area contributed by atoms with E-state index in [0.717, 1.165) is 0 Å². The molecule has 0 fully saturated rings. The monoisotopic (exact) mass is 210 g/mol. The van der Waals surface area contributed by atoms with Crippen molar-refractivity contribution in [3.63, 3.8) is 0 Å². The zero-order valence-corrected chi connectivity index (χ0v) is 8.13. The Morgan fingerprint density at radius 2 is 2.36 bits per heavy atom. The molecule has 72 valence electrons. The minimum absolute atomic E-state index is 0.158. The summed E-state index contributed by atoms with van der Waals surface area (Å²) in [5.41, 5.74) is 0.418. The van der Waals surface area contributed by atoms with Crippen molar-refractivity contribution in [2.75, 3.05) is 7.11 Å². The van der Waals surface area contributed by atoms with Gasteiger partial charge in [-0.25, -0.2) is 4.98 Å². The van der Waals surface area contributed by atoms with Crippen molar-refractivity contribution in [1.29, 1.82) is 0 Å². The molecule has 0 aliphatic rings. The number of hydrogen-bond donors (Lipinski definition) is 1. The minimum Gasteiger partial charge on any atom is -0.481 e. The predicted molar refractivity (Wildman–Crippen MR) is 53.9 cm³/mol. The van der Waals surface area contributed by atoms with Crippen LogP contribution in [0, 0.1) is 0 Å². The first kappa shape index (κ1) is 9.02. The van der Waals surface area contributed by atoms with Crippen LogP contribution in [0.5, 0.6) is 5.88 Å². The lowest BCUT2D eigenvalue weighted by Gasteiger charge is -2.00. The molecule has 0 amide bonds. The summed E-state index contributed by atoms with van der Waals surface area (Å²) in [5.74, 6) is 0.394. The molecule has 0 spiro atoms. The van der Waals surface area contributed by atoms with E-state index in [4.69, 9.17) is 16.3 Å². The molecule has 0 bridgehead atoms. The fourth-order valence-corrected chi connectivity index (χ4v) is 1.34. The fourth-order valence-electron chi connectivity index (χ4n) is 1.19. The number of nitrogens with one attached hydrogen (secondary N) is 1. The maximum atomic E-state index is 11.6. The average molecular weight is 211 g/mol. The molecule has 0 radical (unpaired) electrons. The molecule has 14 heavy (non-hydrogen) atoms. The van der Waals surface area contributed by atoms with Crippen molar-refractivity contribution in [3.8, 4) is 5.88 Å². The van der Waals surface area contributed by atoms with Gasteiger partial charge in [-0.15, -0.1) is 0 Å². The molecule has 5 heteroatoms. The molecule has 2 aromatic rings. The van der Waals surface area contributed by atoms with Crippen molar-refractivity contribution >= 4 is 22.5 Å². The number of rotatable bonds is 1. The van der Waals surface area contributed by atoms with E-state index in [1.807, 2.05) is 0 Å². The summed E-state index contributed by atoms with van der Waals surface area (Å²) in [6, 6.07) is 1.56. The SMILES string of the molecule is COc1cc2c(=O)c(Cl)c[nH]c2cn1. The van der Waals surface area contributed by atoms with Gasteiger partial charge in [0.25, 0.3) is 0 Å². The van der Waals surface area contributed by atoms with Gasteiger partial charge in [0.2, 0.25) is 11.3 Å². The number of pyridine rings is 2. The highest BCUT2D eigenvalue weighted by molar-refractivity contribution is 6.30. The van der Waals surface area contributed by atoms with E-state index in [-0.39, 0.29) is 10.5 Å². The van der Waals surface area contributed by atoms with Gasteiger partial charge in [0.15, 0.2) is 0 Å². The molecular weight excluding hydrogens is 204 g/mol. The molecule has 0 aliphatic carbocycles. The van der Waals surface area contributed by atoms with E-state index in [1.165, 1.54) is 19.5 Å². The number of H-pyrrole nitrogens is 1. The number of aromatic amines is 1. The first-order valence-electron chi connectivity index (χ1n) is 3.93. The maximum Gasteiger partial charge on any atom is 0.213 e. The van der Waals surface area contributed by atoms with Gasteiger partial charge in [0, 0.05) is 12.3 Å². The first-order valence-corrected chi connectivity index (χ1v) is 4.31. The van der Waals surface area contributed by atoms with Crippen LogP contribution in [0.3, 0.4) is 0 Å². The summed E-state index contributed by atoms with van der Waals surface area (Å²) < 4.78 is 4.91. The van der Waals surface area contributed by atoms with Crippen LogP contribution >= 0.6 is 11.6 Å². The van der Waals surface area contributed by atoms with Crippen molar-refractivity contribution < 1.29 is 4.74 Å². The molecule has 2 aromatic heterocycles. The number of methoxy groups -OCH3 is 1. The van der Waals surface area contributed by atoms with Crippen molar-refractivity contribution in [2.45, 2.75) is 0 Å². The van der Waals surface area contributed by atoms with Crippen molar-refractivity contribution in [1.82, 2.24) is 9.97 Å². The van der Waals surface area contributed by atoms with E-state index in [9.17, 15) is 4.79 Å². The van der Waals surface area contributed by atoms with Crippen molar-refractivity contribution in [3.05, 3.63) is 33.7 Å². The van der Waals surface area contributed by atoms with Gasteiger partial charge in [-0.1, -0.05) is 11.6 Å². The molecule has 4 nitrogen and oxygen atoms in total. The van der Waals surface area contributed by atoms with Gasteiger partial charge in [0.05, 0.1) is 24.2 Å². The van der Waals surface area contributed by atoms with Crippen LogP contribution in [-0.4, -0.2) is 17.1 Å². The lowest BCUT2D eigenvalue weighted by molar-refractivity contribution is 0.398. The first-order chi connectivity index (χ1) is 6.72. The summed E-state index contributed by atoms with van der Waals surface area (Å²) in [7, 11) is 1.49. The quantitative estimate of drug-likeness (QED) is 0.778. The van der Waals surface area contributed by atoms with Crippen LogP contribution in [0.15, 0.2) is 23.3 Å². The topological polar surface area (TPSA) is 55.0 Å². The Bertz CT molecular complexity index is 536. The number of aromatic nitrogens is 2. The van der Waals surface area contributed by atoms with E-state index in [0.29, 0.717) is 16.8 Å². The zero-order valence-electron chi connectivity index (χ0n) is 7.37. The van der Waals surface area contributed by atoms with E-state index in [1.54, 1.807) is 6.07 Å². The molecule has 2 rings (SSSR count). The smallest absolute Gasteiger partial charge is 0.213 e. The number of ether oxygens (including phenoxy) is 1. The molecule has 0 atom stereocenters. The Hall–Kier alpha value is -1.55. The molecular formula is C9H7ClN2O2. The van der Waals surface area contributed by atoms with Crippen LogP contribution in [0.1, 0.15) is 0 Å². The Morgan fingerprint density at radius 1 is 1.57 bits per heavy atom. The third kappa shape index (κ3) is 1.33. The van der Waals surface area contributed by atoms with Crippen LogP contribution in [0.4, 0.5) is 0 Å². The Balaban J connectivity index is 2.85. The number of nitrogens with zero attached hydrogens (tertiary/aromatic N) is 1. The third-order valence-electron chi connectivity index (χ3n) is 1.90. The normalized spacial score (nSPS) is 10.4. The molecule has 0 aliphatic heterocycles. The highest BCUT2D eigenvalue weighted by atomic mass is 35.5. The van der Waals surface area contributed by atoms with Gasteiger partial charge in [-0.3, -0.25) is 4.79 Å². The summed E-state index contributed by atoms with van der Waals surface area (Å²) in [6.45, 7) is 0. The third-order valence-corrected chi connectivity index (χ3v) is 2.18. The lowest BCUT2D eigenvalue weighted by Crippen LogP contribution is -2.03. The fraction of sp³-hybridized carbons (Fsp3) is 0.111. The summed E-state index contributed by atoms with van der Waals surface area (Å²) in [6.07, 6.45) is 2.98. The van der Waals surface area contributed by atoms with Gasteiger partial charge in [-0.05, 0) is 0 Å². The summed E-state index contributed by atoms with van der Waals surface area (Å²) in [4.78, 5) is 18.4. The Morgan fingerprint density at radius 3 is 3.07 bits per heavy atom. The molecule has 0 saturated heterocycles. The van der Waals surface area contributed by atoms with Crippen LogP contribution < -0.4 is 10.2 Å². The summed E-state index contributed by atoms with van der Waals surface area (Å²) >= 11 is 5.68. The summed E-state index contributed by atoms with van der Waals surface area (Å²) in [5, 5.41) is 0.634. The highest BCUT2D eigenvalue weighted by Crippen LogP contribution is 2.14. The second-order valence-electron chi connectivity index (χ2n) is 2.74. The highest BCUT2D eigenvalue weighted by Gasteiger charge is 2.04. The van der Waals surface area contributed by atoms with E-state index < -0.39 is 0 Å². The number of halogens is 1. The molecule has 0 saturated carbocycles. The van der Waals surface area contributed by atoms with E-state index in [2.05, 4.69) is 9.97 Å². The Labute approximate surface area is 84.5 Å². The van der Waals surface area contributed by atoms with Gasteiger partial charge < -0.3 is 9.72 Å². The standard InChI is InChI=1S/C9H7ClN2O2/c1-14-8-2-5-7(4-12-8)11-3-6(10)9(5)13/h2-4H,1H3,(H,11,13). The van der Waals surface area contributed by atoms with Gasteiger partial charge >= 0.3 is 0 Å². The van der Waals surface area contributed by atoms with Crippen LogP contribution in [-0.2, 0) is 0 Å². The average Bonchev–Trinajstić information content (AvgIpc) is 2.23. The zero-order chi connectivity index (χ0) is 10.1. The van der Waals surface area contributed by atoms with Crippen LogP contribution in [0.2, 0.25) is 5.02 Å². The Kier molecular flexibility index (Phi) is 2.13. The number of hydrogen-bond acceptors (Lipinski definition) is 3. The molecule has 2 heterocycles. The van der Waals surface area contributed by atoms with Crippen LogP contribution in [0.25, 0.3) is 10.9 Å². The lowest BCUT2D eigenvalue weighted by atomic mass is 10.2. The van der Waals surface area contributed by atoms with Crippen molar-refractivity contribution in [2.24, 2.45) is 0 Å². The molecule has 1 N–H and O–H groups in total. The molecule has 0 aromatic carbocycles. The second kappa shape index (κ2) is 3.31. The van der Waals surface area contributed by atoms with Gasteiger partial charge in [-0.2, -0.15) is 0 Å². The van der Waals surface area contributed by atoms with E-state index >= 15 is 0 Å². The molecule has 0 unspecified atom stereocenters. The number of fused-ring (bicyclic) bond motifs is 1. The second-order valence-corrected chi connectivity index (χ2v) is 3.15. The predicted octanol–water partition coefficient (Wildman–Crippen LogP) is 1.59. The van der Waals surface area contributed by atoms with Gasteiger partial charge in [0.1, 0.15) is 5.02 Å². The largest absolute Gasteiger partial charge is 0.481 e. The maximum absolute atomic E-state index is 11.6. The minimum atomic E-state index is -0.221.